The highest BCUT2D eigenvalue weighted by Crippen LogP contribution is 2.56. The van der Waals surface area contributed by atoms with Crippen LogP contribution in [0.2, 0.25) is 5.02 Å². The lowest BCUT2D eigenvalue weighted by molar-refractivity contribution is -0.145. The first-order valence-corrected chi connectivity index (χ1v) is 15.2. The van der Waals surface area contributed by atoms with E-state index in [-0.39, 0.29) is 28.9 Å². The molecule has 1 spiro atoms. The van der Waals surface area contributed by atoms with Crippen LogP contribution in [0.3, 0.4) is 0 Å². The number of anilines is 1. The average Bonchev–Trinajstić information content (AvgIpc) is 3.57. The van der Waals surface area contributed by atoms with E-state index in [0.29, 0.717) is 23.4 Å². The quantitative estimate of drug-likeness (QED) is 0.482. The van der Waals surface area contributed by atoms with E-state index in [1.165, 1.54) is 18.2 Å². The van der Waals surface area contributed by atoms with Gasteiger partial charge in [-0.3, -0.25) is 14.4 Å². The Morgan fingerprint density at radius 3 is 2.55 bits per heavy atom. The molecular formula is C31H39ClFN3O4. The Kier molecular flexibility index (Phi) is 7.22. The van der Waals surface area contributed by atoms with Gasteiger partial charge in [0.25, 0.3) is 0 Å². The van der Waals surface area contributed by atoms with Crippen LogP contribution in [0.25, 0.3) is 0 Å². The summed E-state index contributed by atoms with van der Waals surface area (Å²) in [6, 6.07) is 3.12. The maximum atomic E-state index is 14.3. The van der Waals surface area contributed by atoms with Crippen LogP contribution >= 0.6 is 11.6 Å². The number of benzene rings is 1. The van der Waals surface area contributed by atoms with Crippen molar-refractivity contribution in [3.8, 4) is 0 Å². The highest BCUT2D eigenvalue weighted by molar-refractivity contribution is 6.31. The zero-order valence-electron chi connectivity index (χ0n) is 23.4. The Morgan fingerprint density at radius 1 is 1.07 bits per heavy atom. The van der Waals surface area contributed by atoms with Gasteiger partial charge in [0.05, 0.1) is 23.0 Å². The topological polar surface area (TPSA) is 87.7 Å². The summed E-state index contributed by atoms with van der Waals surface area (Å²) < 4.78 is 20.2. The minimum Gasteiger partial charge on any atom is -0.359 e. The molecule has 216 valence electrons. The van der Waals surface area contributed by atoms with Gasteiger partial charge < -0.3 is 20.3 Å². The fourth-order valence-corrected chi connectivity index (χ4v) is 8.15. The van der Waals surface area contributed by atoms with Crippen LogP contribution in [0.5, 0.6) is 0 Å². The number of nitrogens with zero attached hydrogens (tertiary/aromatic N) is 1. The van der Waals surface area contributed by atoms with Crippen molar-refractivity contribution in [2.24, 2.45) is 29.6 Å². The molecule has 2 saturated carbocycles. The zero-order valence-corrected chi connectivity index (χ0v) is 24.1. The van der Waals surface area contributed by atoms with Gasteiger partial charge in [0, 0.05) is 17.8 Å². The molecule has 7 nitrogen and oxygen atoms in total. The molecule has 4 fully saturated rings. The minimum absolute atomic E-state index is 0.0416. The number of rotatable bonds is 5. The predicted octanol–water partition coefficient (Wildman–Crippen LogP) is 5.09. The van der Waals surface area contributed by atoms with E-state index >= 15 is 0 Å². The number of amides is 3. The second-order valence-electron chi connectivity index (χ2n) is 12.9. The molecule has 8 atom stereocenters. The van der Waals surface area contributed by atoms with Gasteiger partial charge in [0.1, 0.15) is 17.5 Å². The molecule has 0 radical (unpaired) electrons. The third kappa shape index (κ3) is 4.46. The molecule has 5 aliphatic rings. The van der Waals surface area contributed by atoms with Crippen LogP contribution < -0.4 is 10.6 Å². The predicted molar refractivity (Wildman–Crippen MR) is 150 cm³/mol. The first-order chi connectivity index (χ1) is 19.1. The third-order valence-electron chi connectivity index (χ3n) is 10.5. The summed E-state index contributed by atoms with van der Waals surface area (Å²) in [5, 5.41) is 6.04. The van der Waals surface area contributed by atoms with Gasteiger partial charge >= 0.3 is 0 Å². The van der Waals surface area contributed by atoms with E-state index in [2.05, 4.69) is 31.4 Å². The summed E-state index contributed by atoms with van der Waals surface area (Å²) in [7, 11) is 0. The molecule has 9 heteroatoms. The molecule has 2 saturated heterocycles. The molecule has 0 aromatic heterocycles. The molecule has 2 N–H and O–H groups in total. The van der Waals surface area contributed by atoms with Crippen molar-refractivity contribution in [3.63, 3.8) is 0 Å². The monoisotopic (exact) mass is 571 g/mol. The molecule has 0 unspecified atom stereocenters. The Hall–Kier alpha value is -2.45. The van der Waals surface area contributed by atoms with Crippen molar-refractivity contribution in [3.05, 3.63) is 41.2 Å². The normalized spacial score (nSPS) is 40.3. The highest BCUT2D eigenvalue weighted by Gasteiger charge is 2.73. The highest BCUT2D eigenvalue weighted by atomic mass is 35.5. The molecule has 6 rings (SSSR count). The molecule has 3 amide bonds. The Labute approximate surface area is 240 Å². The maximum Gasteiger partial charge on any atom is 0.246 e. The van der Waals surface area contributed by atoms with Gasteiger partial charge in [0.15, 0.2) is 0 Å². The molecule has 2 bridgehead atoms. The molecule has 1 aromatic carbocycles. The maximum absolute atomic E-state index is 14.3. The van der Waals surface area contributed by atoms with Crippen molar-refractivity contribution in [1.82, 2.24) is 10.2 Å². The number of hydrogen-bond donors (Lipinski definition) is 2. The SMILES string of the molecule is CC1CCC(N2C(=O)[C@@H]3[C@H](C(=O)Nc4ccc(F)c(Cl)c4)[C@@H]4C=C[C@@]3(O4)[C@@H]2C(=O)N[C@@H]2CCC[C@H](C)[C@@H]2C)CC1. The lowest BCUT2D eigenvalue weighted by Gasteiger charge is -2.41. The van der Waals surface area contributed by atoms with E-state index in [9.17, 15) is 18.8 Å². The summed E-state index contributed by atoms with van der Waals surface area (Å²) in [4.78, 5) is 44.0. The van der Waals surface area contributed by atoms with E-state index in [4.69, 9.17) is 16.3 Å². The fourth-order valence-electron chi connectivity index (χ4n) is 7.97. The van der Waals surface area contributed by atoms with Crippen LogP contribution in [0.1, 0.15) is 65.7 Å². The second kappa shape index (κ2) is 10.4. The van der Waals surface area contributed by atoms with Crippen molar-refractivity contribution >= 4 is 35.0 Å². The van der Waals surface area contributed by atoms with E-state index < -0.39 is 41.3 Å². The number of nitrogens with one attached hydrogen (secondary N) is 2. The van der Waals surface area contributed by atoms with Crippen LogP contribution in [0.4, 0.5) is 10.1 Å². The number of carbonyl (C=O) groups is 3. The smallest absolute Gasteiger partial charge is 0.246 e. The van der Waals surface area contributed by atoms with Gasteiger partial charge in [-0.2, -0.15) is 0 Å². The van der Waals surface area contributed by atoms with Crippen molar-refractivity contribution in [2.45, 2.75) is 95.5 Å². The second-order valence-corrected chi connectivity index (χ2v) is 13.3. The Bertz CT molecular complexity index is 1230. The summed E-state index contributed by atoms with van der Waals surface area (Å²) in [5.74, 6) is -1.53. The lowest BCUT2D eigenvalue weighted by Crippen LogP contribution is -2.59. The van der Waals surface area contributed by atoms with Crippen molar-refractivity contribution in [1.29, 1.82) is 0 Å². The van der Waals surface area contributed by atoms with Crippen molar-refractivity contribution in [2.75, 3.05) is 5.32 Å². The molecule has 2 aliphatic carbocycles. The third-order valence-corrected chi connectivity index (χ3v) is 10.8. The van der Waals surface area contributed by atoms with Crippen LogP contribution in [-0.2, 0) is 19.1 Å². The summed E-state index contributed by atoms with van der Waals surface area (Å²) in [6.07, 6.45) is 9.83. The van der Waals surface area contributed by atoms with Gasteiger partial charge in [0.2, 0.25) is 17.7 Å². The molecule has 1 aromatic rings. The summed E-state index contributed by atoms with van der Waals surface area (Å²) in [6.45, 7) is 6.64. The number of ether oxygens (including phenoxy) is 1. The Morgan fingerprint density at radius 2 is 1.82 bits per heavy atom. The Balaban J connectivity index is 1.31. The molecule has 40 heavy (non-hydrogen) atoms. The van der Waals surface area contributed by atoms with Crippen LogP contribution in [0, 0.1) is 35.4 Å². The number of carbonyl (C=O) groups excluding carboxylic acids is 3. The van der Waals surface area contributed by atoms with E-state index in [1.54, 1.807) is 4.90 Å². The summed E-state index contributed by atoms with van der Waals surface area (Å²) >= 11 is 5.93. The van der Waals surface area contributed by atoms with Gasteiger partial charge in [-0.25, -0.2) is 4.39 Å². The number of fused-ring (bicyclic) bond motifs is 1. The van der Waals surface area contributed by atoms with Gasteiger partial charge in [-0.15, -0.1) is 0 Å². The molecular weight excluding hydrogens is 533 g/mol. The lowest BCUT2D eigenvalue weighted by atomic mass is 9.73. The van der Waals surface area contributed by atoms with E-state index in [1.807, 2.05) is 12.2 Å². The minimum atomic E-state index is -1.19. The van der Waals surface area contributed by atoms with E-state index in [0.717, 1.165) is 44.9 Å². The van der Waals surface area contributed by atoms with Gasteiger partial charge in [-0.05, 0) is 68.1 Å². The van der Waals surface area contributed by atoms with Crippen LogP contribution in [0.15, 0.2) is 30.4 Å². The summed E-state index contributed by atoms with van der Waals surface area (Å²) in [5.41, 5.74) is -0.851. The number of likely N-dealkylation sites (tertiary alicyclic amines) is 1. The van der Waals surface area contributed by atoms with Gasteiger partial charge in [-0.1, -0.05) is 57.4 Å². The standard InChI is InChI=1S/C31H39ClFN3O4/c1-16-7-10-20(11-8-16)36-27(29(38)35-23-6-4-5-17(2)18(23)3)31-14-13-24(40-31)25(26(31)30(36)39)28(37)34-19-9-12-22(33)21(32)15-19/h9,12-18,20,23-27H,4-8,10-11H2,1-3H3,(H,34,37)(H,35,38)/t16?,17-,18-,20?,23+,24-,25+,26-,27-,31-/m0/s1. The average molecular weight is 572 g/mol. The first kappa shape index (κ1) is 27.7. The molecule has 3 aliphatic heterocycles. The fraction of sp³-hybridized carbons (Fsp3) is 0.645. The van der Waals surface area contributed by atoms with Crippen molar-refractivity contribution < 1.29 is 23.5 Å². The largest absolute Gasteiger partial charge is 0.359 e. The number of halogens is 2. The zero-order chi connectivity index (χ0) is 28.3. The molecule has 3 heterocycles. The number of hydrogen-bond acceptors (Lipinski definition) is 4. The first-order valence-electron chi connectivity index (χ1n) is 14.9. The van der Waals surface area contributed by atoms with Crippen LogP contribution in [-0.4, -0.2) is 52.5 Å².